The highest BCUT2D eigenvalue weighted by Crippen LogP contribution is 2.25. The largest absolute Gasteiger partial charge is 0.433 e. The number of amides is 1. The Balaban J connectivity index is 1.55. The number of alkyl halides is 2. The van der Waals surface area contributed by atoms with Gasteiger partial charge in [0.15, 0.2) is 0 Å². The maximum atomic E-state index is 12.5. The number of nitrogens with zero attached hydrogens (tertiary/aromatic N) is 4. The molecule has 162 valence electrons. The van der Waals surface area contributed by atoms with Gasteiger partial charge in [0.2, 0.25) is 5.91 Å². The van der Waals surface area contributed by atoms with E-state index >= 15 is 0 Å². The summed E-state index contributed by atoms with van der Waals surface area (Å²) in [7, 11) is 0. The number of halogens is 2. The van der Waals surface area contributed by atoms with Crippen LogP contribution in [0.4, 0.5) is 20.3 Å². The van der Waals surface area contributed by atoms with Crippen LogP contribution in [0.3, 0.4) is 0 Å². The van der Waals surface area contributed by atoms with Crippen LogP contribution in [0.2, 0.25) is 0 Å². The van der Waals surface area contributed by atoms with Crippen LogP contribution in [-0.2, 0) is 4.79 Å². The number of benzene rings is 1. The van der Waals surface area contributed by atoms with Crippen LogP contribution in [0, 0.1) is 6.92 Å². The van der Waals surface area contributed by atoms with Crippen molar-refractivity contribution < 1.29 is 18.3 Å². The van der Waals surface area contributed by atoms with Gasteiger partial charge in [-0.1, -0.05) is 26.0 Å². The number of aromatic nitrogens is 2. The highest BCUT2D eigenvalue weighted by Gasteiger charge is 2.21. The molecule has 1 aliphatic rings. The van der Waals surface area contributed by atoms with Crippen molar-refractivity contribution in [1.29, 1.82) is 0 Å². The molecular formula is C21H27F2N5O2. The maximum Gasteiger partial charge on any atom is 0.387 e. The number of carbonyl (C=O) groups excluding carboxylic acids is 1. The number of carbonyl (C=O) groups is 1. The molecule has 2 aromatic rings. The lowest BCUT2D eigenvalue weighted by Crippen LogP contribution is -2.49. The molecule has 1 amide bonds. The lowest BCUT2D eigenvalue weighted by atomic mass is 10.2. The molecule has 0 unspecified atom stereocenters. The highest BCUT2D eigenvalue weighted by molar-refractivity contribution is 5.93. The first-order valence-corrected chi connectivity index (χ1v) is 9.98. The van der Waals surface area contributed by atoms with E-state index in [1.807, 2.05) is 17.9 Å². The maximum absolute atomic E-state index is 12.5. The third-order valence-electron chi connectivity index (χ3n) is 4.82. The normalized spacial score (nSPS) is 15.0. The highest BCUT2D eigenvalue weighted by atomic mass is 19.3. The summed E-state index contributed by atoms with van der Waals surface area (Å²) in [5.41, 5.74) is 1.18. The van der Waals surface area contributed by atoms with Crippen molar-refractivity contribution >= 4 is 17.4 Å². The summed E-state index contributed by atoms with van der Waals surface area (Å²) in [5, 5.41) is 2.66. The van der Waals surface area contributed by atoms with Crippen LogP contribution in [0.25, 0.3) is 0 Å². The van der Waals surface area contributed by atoms with Gasteiger partial charge >= 0.3 is 6.61 Å². The fourth-order valence-electron chi connectivity index (χ4n) is 3.29. The second-order valence-electron chi connectivity index (χ2n) is 7.57. The fourth-order valence-corrected chi connectivity index (χ4v) is 3.29. The smallest absolute Gasteiger partial charge is 0.387 e. The molecule has 2 heterocycles. The molecule has 1 aromatic heterocycles. The Morgan fingerprint density at radius 1 is 1.17 bits per heavy atom. The number of para-hydroxylation sites is 2. The van der Waals surface area contributed by atoms with E-state index in [1.165, 1.54) is 12.1 Å². The zero-order valence-corrected chi connectivity index (χ0v) is 17.4. The van der Waals surface area contributed by atoms with Crippen LogP contribution >= 0.6 is 0 Å². The van der Waals surface area contributed by atoms with Crippen molar-refractivity contribution in [3.8, 4) is 5.75 Å². The average Bonchev–Trinajstić information content (AvgIpc) is 2.69. The van der Waals surface area contributed by atoms with Crippen LogP contribution in [0.1, 0.15) is 31.3 Å². The van der Waals surface area contributed by atoms with Crippen molar-refractivity contribution in [3.05, 3.63) is 41.9 Å². The third kappa shape index (κ3) is 5.85. The second-order valence-corrected chi connectivity index (χ2v) is 7.57. The van der Waals surface area contributed by atoms with Crippen LogP contribution in [0.5, 0.6) is 5.75 Å². The van der Waals surface area contributed by atoms with Gasteiger partial charge in [-0.15, -0.1) is 0 Å². The second kappa shape index (κ2) is 9.80. The van der Waals surface area contributed by atoms with E-state index in [-0.39, 0.29) is 29.8 Å². The average molecular weight is 419 g/mol. The number of hydrogen-bond donors (Lipinski definition) is 1. The quantitative estimate of drug-likeness (QED) is 0.743. The molecule has 3 rings (SSSR count). The van der Waals surface area contributed by atoms with E-state index in [9.17, 15) is 13.6 Å². The standard InChI is InChI=1S/C21H27F2N5O2/c1-14(2)20-24-15(3)12-18(26-20)28-10-8-27(9-11-28)13-19(29)25-16-6-4-5-7-17(16)30-21(22)23/h4-7,12,14,21H,8-11,13H2,1-3H3,(H,25,29). The first kappa shape index (κ1) is 21.9. The number of ether oxygens (including phenoxy) is 1. The Hall–Kier alpha value is -2.81. The molecule has 0 aliphatic carbocycles. The van der Waals surface area contributed by atoms with Crippen molar-refractivity contribution in [1.82, 2.24) is 14.9 Å². The van der Waals surface area contributed by atoms with Crippen LogP contribution < -0.4 is 15.0 Å². The minimum atomic E-state index is -2.95. The van der Waals surface area contributed by atoms with Gasteiger partial charge in [-0.05, 0) is 19.1 Å². The number of aryl methyl sites for hydroxylation is 1. The Kier molecular flexibility index (Phi) is 7.15. The summed E-state index contributed by atoms with van der Waals surface area (Å²) in [6, 6.07) is 8.15. The van der Waals surface area contributed by atoms with Gasteiger partial charge in [-0.3, -0.25) is 9.69 Å². The van der Waals surface area contributed by atoms with E-state index < -0.39 is 6.61 Å². The van der Waals surface area contributed by atoms with Gasteiger partial charge in [0.1, 0.15) is 17.4 Å². The van der Waals surface area contributed by atoms with Gasteiger partial charge in [-0.2, -0.15) is 8.78 Å². The zero-order chi connectivity index (χ0) is 21.7. The predicted octanol–water partition coefficient (Wildman–Crippen LogP) is 3.27. The summed E-state index contributed by atoms with van der Waals surface area (Å²) in [4.78, 5) is 25.8. The Morgan fingerprint density at radius 2 is 1.87 bits per heavy atom. The third-order valence-corrected chi connectivity index (χ3v) is 4.82. The fraction of sp³-hybridized carbons (Fsp3) is 0.476. The Morgan fingerprint density at radius 3 is 2.53 bits per heavy atom. The summed E-state index contributed by atoms with van der Waals surface area (Å²) in [6.45, 7) is 6.21. The van der Waals surface area contributed by atoms with Crippen molar-refractivity contribution in [2.75, 3.05) is 42.9 Å². The minimum absolute atomic E-state index is 0.0502. The minimum Gasteiger partial charge on any atom is -0.433 e. The lowest BCUT2D eigenvalue weighted by molar-refractivity contribution is -0.117. The molecule has 0 bridgehead atoms. The SMILES string of the molecule is Cc1cc(N2CCN(CC(=O)Nc3ccccc3OC(F)F)CC2)nc(C(C)C)n1. The van der Waals surface area contributed by atoms with Gasteiger partial charge in [0, 0.05) is 43.9 Å². The van der Waals surface area contributed by atoms with Gasteiger partial charge in [-0.25, -0.2) is 9.97 Å². The number of piperazine rings is 1. The predicted molar refractivity (Wildman–Crippen MR) is 111 cm³/mol. The van der Waals surface area contributed by atoms with E-state index in [2.05, 4.69) is 38.8 Å². The monoisotopic (exact) mass is 419 g/mol. The molecule has 0 atom stereocenters. The Labute approximate surface area is 175 Å². The molecule has 0 radical (unpaired) electrons. The van der Waals surface area contributed by atoms with Gasteiger partial charge in [0.25, 0.3) is 0 Å². The first-order chi connectivity index (χ1) is 14.3. The molecule has 1 fully saturated rings. The lowest BCUT2D eigenvalue weighted by Gasteiger charge is -2.35. The van der Waals surface area contributed by atoms with E-state index in [0.717, 1.165) is 30.4 Å². The molecular weight excluding hydrogens is 392 g/mol. The summed E-state index contributed by atoms with van der Waals surface area (Å²) in [5.74, 6) is 1.68. The molecule has 30 heavy (non-hydrogen) atoms. The molecule has 7 nitrogen and oxygen atoms in total. The van der Waals surface area contributed by atoms with Gasteiger partial charge < -0.3 is 15.0 Å². The van der Waals surface area contributed by atoms with Crippen LogP contribution in [0.15, 0.2) is 30.3 Å². The summed E-state index contributed by atoms with van der Waals surface area (Å²) < 4.78 is 29.5. The summed E-state index contributed by atoms with van der Waals surface area (Å²) in [6.07, 6.45) is 0. The number of anilines is 2. The van der Waals surface area contributed by atoms with Gasteiger partial charge in [0.05, 0.1) is 12.2 Å². The number of rotatable bonds is 7. The van der Waals surface area contributed by atoms with Crippen molar-refractivity contribution in [2.24, 2.45) is 0 Å². The van der Waals surface area contributed by atoms with E-state index in [4.69, 9.17) is 0 Å². The zero-order valence-electron chi connectivity index (χ0n) is 17.4. The molecule has 0 saturated carbocycles. The van der Waals surface area contributed by atoms with Crippen molar-refractivity contribution in [3.63, 3.8) is 0 Å². The van der Waals surface area contributed by atoms with E-state index in [1.54, 1.807) is 12.1 Å². The molecule has 9 heteroatoms. The van der Waals surface area contributed by atoms with Crippen molar-refractivity contribution in [2.45, 2.75) is 33.3 Å². The molecule has 1 N–H and O–H groups in total. The Bertz CT molecular complexity index is 870. The molecule has 0 spiro atoms. The topological polar surface area (TPSA) is 70.6 Å². The summed E-state index contributed by atoms with van der Waals surface area (Å²) >= 11 is 0. The molecule has 1 aliphatic heterocycles. The number of hydrogen-bond acceptors (Lipinski definition) is 6. The van der Waals surface area contributed by atoms with E-state index in [0.29, 0.717) is 13.1 Å². The number of nitrogens with one attached hydrogen (secondary N) is 1. The molecule has 1 saturated heterocycles. The van der Waals surface area contributed by atoms with Crippen LogP contribution in [-0.4, -0.2) is 60.1 Å². The molecule has 1 aromatic carbocycles. The first-order valence-electron chi connectivity index (χ1n) is 9.98.